The van der Waals surface area contributed by atoms with Gasteiger partial charge in [0.15, 0.2) is 0 Å². The van der Waals surface area contributed by atoms with Gasteiger partial charge in [0.25, 0.3) is 0 Å². The summed E-state index contributed by atoms with van der Waals surface area (Å²) in [4.78, 5) is 4.78. The van der Waals surface area contributed by atoms with Crippen molar-refractivity contribution >= 4 is 5.82 Å². The largest absolute Gasteiger partial charge is 0.370 e. The second-order valence-corrected chi connectivity index (χ2v) is 5.65. The number of nitrogens with one attached hydrogen (secondary N) is 2. The molecule has 2 heterocycles. The number of aromatic nitrogens is 1. The van der Waals surface area contributed by atoms with Crippen LogP contribution in [0.1, 0.15) is 30.0 Å². The summed E-state index contributed by atoms with van der Waals surface area (Å²) in [6.07, 6.45) is 3.52. The second kappa shape index (κ2) is 7.23. The van der Waals surface area contributed by atoms with Crippen LogP contribution in [-0.4, -0.2) is 24.6 Å². The van der Waals surface area contributed by atoms with Crippen LogP contribution in [0, 0.1) is 0 Å². The highest BCUT2D eigenvalue weighted by Gasteiger charge is 2.16. The van der Waals surface area contributed by atoms with Gasteiger partial charge in [-0.3, -0.25) is 0 Å². The monoisotopic (exact) mass is 281 g/mol. The number of hydrogen-bond acceptors (Lipinski definition) is 3. The van der Waals surface area contributed by atoms with Gasteiger partial charge in [-0.05, 0) is 43.5 Å². The normalized spacial score (nSPS) is 18.4. The molecule has 1 aromatic heterocycles. The molecule has 1 saturated heterocycles. The van der Waals surface area contributed by atoms with Crippen LogP contribution in [0.25, 0.3) is 0 Å². The van der Waals surface area contributed by atoms with Gasteiger partial charge >= 0.3 is 0 Å². The third-order valence-corrected chi connectivity index (χ3v) is 4.05. The molecular weight excluding hydrogens is 258 g/mol. The fraction of sp³-hybridized carbons (Fsp3) is 0.389. The van der Waals surface area contributed by atoms with Crippen molar-refractivity contribution in [2.75, 3.05) is 25.0 Å². The highest BCUT2D eigenvalue weighted by Crippen LogP contribution is 2.22. The van der Waals surface area contributed by atoms with Crippen molar-refractivity contribution in [3.63, 3.8) is 0 Å². The SMILES string of the molecule is c1ccc(CCNc2cccc(C3CCCNC3)n2)cc1. The lowest BCUT2D eigenvalue weighted by Gasteiger charge is -2.22. The van der Waals surface area contributed by atoms with E-state index in [1.807, 2.05) is 0 Å². The molecule has 0 spiro atoms. The Balaban J connectivity index is 1.55. The molecule has 1 atom stereocenters. The molecule has 3 rings (SSSR count). The van der Waals surface area contributed by atoms with Crippen molar-refractivity contribution in [1.29, 1.82) is 0 Å². The molecule has 1 fully saturated rings. The number of anilines is 1. The zero-order valence-corrected chi connectivity index (χ0v) is 12.4. The summed E-state index contributed by atoms with van der Waals surface area (Å²) in [5, 5.41) is 6.90. The predicted octanol–water partition coefficient (Wildman–Crippen LogP) is 3.20. The van der Waals surface area contributed by atoms with E-state index in [9.17, 15) is 0 Å². The maximum absolute atomic E-state index is 4.78. The summed E-state index contributed by atoms with van der Waals surface area (Å²) in [6, 6.07) is 16.9. The number of piperidine rings is 1. The Kier molecular flexibility index (Phi) is 4.85. The standard InChI is InChI=1S/C18H23N3/c1-2-6-15(7-3-1)11-13-20-18-10-4-9-17(21-18)16-8-5-12-19-14-16/h1-4,6-7,9-10,16,19H,5,8,11-14H2,(H,20,21). The van der Waals surface area contributed by atoms with Crippen LogP contribution < -0.4 is 10.6 Å². The fourth-order valence-electron chi connectivity index (χ4n) is 2.86. The fourth-order valence-corrected chi connectivity index (χ4v) is 2.86. The third kappa shape index (κ3) is 4.05. The lowest BCUT2D eigenvalue weighted by molar-refractivity contribution is 0.455. The summed E-state index contributed by atoms with van der Waals surface area (Å²) in [5.74, 6) is 1.56. The van der Waals surface area contributed by atoms with Gasteiger partial charge in [0.2, 0.25) is 0 Å². The average Bonchev–Trinajstić information content (AvgIpc) is 2.57. The van der Waals surface area contributed by atoms with Crippen molar-refractivity contribution in [2.24, 2.45) is 0 Å². The molecule has 110 valence electrons. The van der Waals surface area contributed by atoms with Crippen LogP contribution in [0.2, 0.25) is 0 Å². The van der Waals surface area contributed by atoms with Crippen LogP contribution in [0.5, 0.6) is 0 Å². The highest BCUT2D eigenvalue weighted by molar-refractivity contribution is 5.36. The van der Waals surface area contributed by atoms with E-state index in [1.165, 1.54) is 24.1 Å². The topological polar surface area (TPSA) is 37.0 Å². The zero-order chi connectivity index (χ0) is 14.3. The maximum Gasteiger partial charge on any atom is 0.126 e. The molecule has 21 heavy (non-hydrogen) atoms. The van der Waals surface area contributed by atoms with E-state index in [2.05, 4.69) is 59.2 Å². The Bertz CT molecular complexity index is 547. The number of hydrogen-bond donors (Lipinski definition) is 2. The van der Waals surface area contributed by atoms with Crippen LogP contribution in [0.4, 0.5) is 5.82 Å². The van der Waals surface area contributed by atoms with Gasteiger partial charge in [-0.1, -0.05) is 36.4 Å². The summed E-state index contributed by atoms with van der Waals surface area (Å²) in [7, 11) is 0. The zero-order valence-electron chi connectivity index (χ0n) is 12.4. The molecule has 2 N–H and O–H groups in total. The lowest BCUT2D eigenvalue weighted by Crippen LogP contribution is -2.28. The number of pyridine rings is 1. The molecule has 1 aliphatic heterocycles. The molecule has 1 aromatic carbocycles. The van der Waals surface area contributed by atoms with E-state index in [-0.39, 0.29) is 0 Å². The highest BCUT2D eigenvalue weighted by atomic mass is 15.0. The second-order valence-electron chi connectivity index (χ2n) is 5.65. The first-order valence-electron chi connectivity index (χ1n) is 7.87. The van der Waals surface area contributed by atoms with E-state index in [0.717, 1.165) is 31.9 Å². The van der Waals surface area contributed by atoms with E-state index in [4.69, 9.17) is 4.98 Å². The Labute approximate surface area is 126 Å². The minimum Gasteiger partial charge on any atom is -0.370 e. The van der Waals surface area contributed by atoms with Gasteiger partial charge in [-0.15, -0.1) is 0 Å². The molecule has 3 heteroatoms. The van der Waals surface area contributed by atoms with Gasteiger partial charge in [0.1, 0.15) is 5.82 Å². The summed E-state index contributed by atoms with van der Waals surface area (Å²) in [6.45, 7) is 3.12. The Morgan fingerprint density at radius 1 is 1.10 bits per heavy atom. The summed E-state index contributed by atoms with van der Waals surface area (Å²) >= 11 is 0. The van der Waals surface area contributed by atoms with Crippen molar-refractivity contribution in [3.05, 3.63) is 59.8 Å². The Morgan fingerprint density at radius 2 is 2.00 bits per heavy atom. The molecule has 3 nitrogen and oxygen atoms in total. The summed E-state index contributed by atoms with van der Waals surface area (Å²) in [5.41, 5.74) is 2.57. The first-order valence-corrected chi connectivity index (χ1v) is 7.87. The first-order chi connectivity index (χ1) is 10.4. The smallest absolute Gasteiger partial charge is 0.126 e. The molecule has 0 bridgehead atoms. The molecule has 0 radical (unpaired) electrons. The van der Waals surface area contributed by atoms with Gasteiger partial charge in [0, 0.05) is 24.7 Å². The molecule has 0 aliphatic carbocycles. The van der Waals surface area contributed by atoms with Crippen molar-refractivity contribution in [1.82, 2.24) is 10.3 Å². The number of nitrogens with zero attached hydrogens (tertiary/aromatic N) is 1. The van der Waals surface area contributed by atoms with Crippen molar-refractivity contribution in [3.8, 4) is 0 Å². The molecule has 0 amide bonds. The molecule has 2 aromatic rings. The molecule has 1 unspecified atom stereocenters. The average molecular weight is 281 g/mol. The van der Waals surface area contributed by atoms with E-state index >= 15 is 0 Å². The van der Waals surface area contributed by atoms with Gasteiger partial charge in [-0.2, -0.15) is 0 Å². The Morgan fingerprint density at radius 3 is 2.81 bits per heavy atom. The van der Waals surface area contributed by atoms with Crippen molar-refractivity contribution < 1.29 is 0 Å². The third-order valence-electron chi connectivity index (χ3n) is 4.05. The van der Waals surface area contributed by atoms with Crippen molar-refractivity contribution in [2.45, 2.75) is 25.2 Å². The van der Waals surface area contributed by atoms with E-state index in [1.54, 1.807) is 0 Å². The van der Waals surface area contributed by atoms with Crippen LogP contribution >= 0.6 is 0 Å². The molecule has 1 aliphatic rings. The maximum atomic E-state index is 4.78. The number of benzene rings is 1. The number of rotatable bonds is 5. The van der Waals surface area contributed by atoms with Gasteiger partial charge in [0.05, 0.1) is 0 Å². The minimum absolute atomic E-state index is 0.564. The van der Waals surface area contributed by atoms with Gasteiger partial charge in [-0.25, -0.2) is 4.98 Å². The van der Waals surface area contributed by atoms with Crippen LogP contribution in [-0.2, 0) is 6.42 Å². The van der Waals surface area contributed by atoms with Gasteiger partial charge < -0.3 is 10.6 Å². The quantitative estimate of drug-likeness (QED) is 0.883. The predicted molar refractivity (Wildman–Crippen MR) is 87.7 cm³/mol. The Hall–Kier alpha value is -1.87. The summed E-state index contributed by atoms with van der Waals surface area (Å²) < 4.78 is 0. The lowest BCUT2D eigenvalue weighted by atomic mass is 9.96. The first kappa shape index (κ1) is 14.1. The molecule has 0 saturated carbocycles. The van der Waals surface area contributed by atoms with E-state index < -0.39 is 0 Å². The molecular formula is C18H23N3. The van der Waals surface area contributed by atoms with E-state index in [0.29, 0.717) is 5.92 Å². The van der Waals surface area contributed by atoms with Crippen LogP contribution in [0.3, 0.4) is 0 Å². The minimum atomic E-state index is 0.564. The van der Waals surface area contributed by atoms with Crippen LogP contribution in [0.15, 0.2) is 48.5 Å².